The summed E-state index contributed by atoms with van der Waals surface area (Å²) in [6.07, 6.45) is 0.585. The Morgan fingerprint density at radius 1 is 1.60 bits per heavy atom. The van der Waals surface area contributed by atoms with E-state index >= 15 is 0 Å². The molecule has 1 aromatic rings. The van der Waals surface area contributed by atoms with Crippen LogP contribution in [0.15, 0.2) is 18.2 Å². The molecule has 0 fully saturated rings. The molecule has 0 aromatic heterocycles. The number of rotatable bonds is 2. The molecule has 2 N–H and O–H groups in total. The Morgan fingerprint density at radius 2 is 2.40 bits per heavy atom. The number of aliphatic carboxylic acids is 1. The van der Waals surface area contributed by atoms with Gasteiger partial charge in [0.05, 0.1) is 6.42 Å². The zero-order valence-electron chi connectivity index (χ0n) is 8.16. The quantitative estimate of drug-likeness (QED) is 0.781. The normalized spacial score (nSPS) is 19.1. The Kier molecular flexibility index (Phi) is 2.58. The summed E-state index contributed by atoms with van der Waals surface area (Å²) in [5.74, 6) is -1.11. The lowest BCUT2D eigenvalue weighted by atomic mass is 9.91. The molecule has 0 radical (unpaired) electrons. The molecule has 0 amide bonds. The molecule has 0 spiro atoms. The fourth-order valence-corrected chi connectivity index (χ4v) is 1.94. The standard InChI is InChI=1S/C11H12FNO2/c12-9-2-1-3-10-8(9)4-7(6-13-10)5-11(14)15/h1-3,7,13H,4-6H2,(H,14,15). The molecular weight excluding hydrogens is 197 g/mol. The number of halogens is 1. The van der Waals surface area contributed by atoms with Crippen LogP contribution in [0.2, 0.25) is 0 Å². The lowest BCUT2D eigenvalue weighted by Crippen LogP contribution is -2.26. The van der Waals surface area contributed by atoms with Crippen molar-refractivity contribution in [1.29, 1.82) is 0 Å². The Hall–Kier alpha value is -1.58. The van der Waals surface area contributed by atoms with Crippen LogP contribution < -0.4 is 5.32 Å². The van der Waals surface area contributed by atoms with Crippen molar-refractivity contribution >= 4 is 11.7 Å². The highest BCUT2D eigenvalue weighted by atomic mass is 19.1. The maximum absolute atomic E-state index is 13.4. The minimum absolute atomic E-state index is 0.0214. The van der Waals surface area contributed by atoms with E-state index in [2.05, 4.69) is 5.32 Å². The number of hydrogen-bond acceptors (Lipinski definition) is 2. The van der Waals surface area contributed by atoms with Gasteiger partial charge in [-0.25, -0.2) is 4.39 Å². The molecule has 1 aromatic carbocycles. The van der Waals surface area contributed by atoms with Crippen molar-refractivity contribution in [2.24, 2.45) is 5.92 Å². The number of carbonyl (C=O) groups is 1. The van der Waals surface area contributed by atoms with Crippen molar-refractivity contribution in [1.82, 2.24) is 0 Å². The van der Waals surface area contributed by atoms with E-state index in [1.54, 1.807) is 6.07 Å². The summed E-state index contributed by atoms with van der Waals surface area (Å²) in [5, 5.41) is 11.7. The Bertz CT molecular complexity index is 392. The lowest BCUT2D eigenvalue weighted by molar-refractivity contribution is -0.138. The molecule has 3 nitrogen and oxygen atoms in total. The van der Waals surface area contributed by atoms with Gasteiger partial charge in [0.25, 0.3) is 0 Å². The van der Waals surface area contributed by atoms with E-state index in [1.165, 1.54) is 6.07 Å². The first-order valence-corrected chi connectivity index (χ1v) is 4.90. The van der Waals surface area contributed by atoms with E-state index in [0.717, 1.165) is 5.69 Å². The first kappa shape index (κ1) is 9.96. The Balaban J connectivity index is 2.18. The highest BCUT2D eigenvalue weighted by molar-refractivity contribution is 5.67. The predicted molar refractivity (Wildman–Crippen MR) is 54.3 cm³/mol. The molecule has 1 aliphatic rings. The van der Waals surface area contributed by atoms with Gasteiger partial charge in [-0.15, -0.1) is 0 Å². The van der Waals surface area contributed by atoms with Crippen LogP contribution in [0.1, 0.15) is 12.0 Å². The van der Waals surface area contributed by atoms with Gasteiger partial charge in [-0.2, -0.15) is 0 Å². The number of carboxylic acid groups (broad SMARTS) is 1. The van der Waals surface area contributed by atoms with E-state index in [0.29, 0.717) is 18.5 Å². The zero-order valence-corrected chi connectivity index (χ0v) is 8.16. The first-order valence-electron chi connectivity index (χ1n) is 4.90. The third-order valence-corrected chi connectivity index (χ3v) is 2.66. The molecule has 0 saturated carbocycles. The smallest absolute Gasteiger partial charge is 0.303 e. The molecule has 15 heavy (non-hydrogen) atoms. The van der Waals surface area contributed by atoms with Crippen molar-refractivity contribution < 1.29 is 14.3 Å². The van der Waals surface area contributed by atoms with Gasteiger partial charge in [0.2, 0.25) is 0 Å². The highest BCUT2D eigenvalue weighted by Gasteiger charge is 2.22. The van der Waals surface area contributed by atoms with Gasteiger partial charge in [-0.05, 0) is 24.5 Å². The third-order valence-electron chi connectivity index (χ3n) is 2.66. The second-order valence-electron chi connectivity index (χ2n) is 3.81. The molecular formula is C11H12FNO2. The average Bonchev–Trinajstić information content (AvgIpc) is 2.18. The summed E-state index contributed by atoms with van der Waals surface area (Å²) in [5.41, 5.74) is 1.40. The van der Waals surface area contributed by atoms with Gasteiger partial charge in [0.15, 0.2) is 0 Å². The monoisotopic (exact) mass is 209 g/mol. The second-order valence-corrected chi connectivity index (χ2v) is 3.81. The van der Waals surface area contributed by atoms with Crippen LogP contribution in [0, 0.1) is 11.7 Å². The number of fused-ring (bicyclic) bond motifs is 1. The van der Waals surface area contributed by atoms with E-state index in [4.69, 9.17) is 5.11 Å². The van der Waals surface area contributed by atoms with Gasteiger partial charge in [-0.1, -0.05) is 6.07 Å². The van der Waals surface area contributed by atoms with Gasteiger partial charge < -0.3 is 10.4 Å². The van der Waals surface area contributed by atoms with Crippen LogP contribution in [0.5, 0.6) is 0 Å². The number of carboxylic acids is 1. The maximum atomic E-state index is 13.4. The van der Waals surface area contributed by atoms with Crippen molar-refractivity contribution in [3.8, 4) is 0 Å². The van der Waals surface area contributed by atoms with Gasteiger partial charge >= 0.3 is 5.97 Å². The molecule has 0 saturated heterocycles. The van der Waals surface area contributed by atoms with Crippen molar-refractivity contribution in [2.45, 2.75) is 12.8 Å². The minimum Gasteiger partial charge on any atom is -0.481 e. The number of benzene rings is 1. The molecule has 1 unspecified atom stereocenters. The van der Waals surface area contributed by atoms with E-state index in [9.17, 15) is 9.18 Å². The molecule has 4 heteroatoms. The lowest BCUT2D eigenvalue weighted by Gasteiger charge is -2.25. The highest BCUT2D eigenvalue weighted by Crippen LogP contribution is 2.28. The molecule has 0 bridgehead atoms. The van der Waals surface area contributed by atoms with Gasteiger partial charge in [-0.3, -0.25) is 4.79 Å². The minimum atomic E-state index is -0.832. The zero-order chi connectivity index (χ0) is 10.8. The van der Waals surface area contributed by atoms with Crippen LogP contribution in [0.3, 0.4) is 0 Å². The molecule has 1 aliphatic heterocycles. The molecule has 0 aliphatic carbocycles. The molecule has 80 valence electrons. The summed E-state index contributed by atoms with van der Waals surface area (Å²) in [6, 6.07) is 4.87. The summed E-state index contributed by atoms with van der Waals surface area (Å²) in [6.45, 7) is 0.600. The SMILES string of the molecule is O=C(O)CC1CNc2cccc(F)c2C1. The van der Waals surface area contributed by atoms with Crippen molar-refractivity contribution in [3.63, 3.8) is 0 Å². The van der Waals surface area contributed by atoms with Crippen LogP contribution >= 0.6 is 0 Å². The molecule has 1 heterocycles. The van der Waals surface area contributed by atoms with Crippen LogP contribution in [-0.2, 0) is 11.2 Å². The van der Waals surface area contributed by atoms with Crippen molar-refractivity contribution in [3.05, 3.63) is 29.6 Å². The topological polar surface area (TPSA) is 49.3 Å². The van der Waals surface area contributed by atoms with Crippen LogP contribution in [0.4, 0.5) is 10.1 Å². The fraction of sp³-hybridized carbons (Fsp3) is 0.364. The Morgan fingerprint density at radius 3 is 3.13 bits per heavy atom. The number of anilines is 1. The first-order chi connectivity index (χ1) is 7.16. The largest absolute Gasteiger partial charge is 0.481 e. The van der Waals surface area contributed by atoms with E-state index in [-0.39, 0.29) is 18.2 Å². The Labute approximate surface area is 86.9 Å². The predicted octanol–water partition coefficient (Wildman–Crippen LogP) is 1.88. The van der Waals surface area contributed by atoms with Crippen LogP contribution in [-0.4, -0.2) is 17.6 Å². The van der Waals surface area contributed by atoms with Gasteiger partial charge in [0, 0.05) is 17.8 Å². The van der Waals surface area contributed by atoms with E-state index in [1.807, 2.05) is 6.07 Å². The molecule has 2 rings (SSSR count). The second kappa shape index (κ2) is 3.88. The van der Waals surface area contributed by atoms with Crippen LogP contribution in [0.25, 0.3) is 0 Å². The van der Waals surface area contributed by atoms with Crippen molar-refractivity contribution in [2.75, 3.05) is 11.9 Å². The maximum Gasteiger partial charge on any atom is 0.303 e. The summed E-state index contributed by atoms with van der Waals surface area (Å²) in [4.78, 5) is 10.5. The summed E-state index contributed by atoms with van der Waals surface area (Å²) < 4.78 is 13.4. The average molecular weight is 209 g/mol. The van der Waals surface area contributed by atoms with E-state index < -0.39 is 5.97 Å². The number of nitrogens with one attached hydrogen (secondary N) is 1. The third kappa shape index (κ3) is 2.09. The fourth-order valence-electron chi connectivity index (χ4n) is 1.94. The molecule has 1 atom stereocenters. The number of hydrogen-bond donors (Lipinski definition) is 2. The summed E-state index contributed by atoms with van der Waals surface area (Å²) >= 11 is 0. The summed E-state index contributed by atoms with van der Waals surface area (Å²) in [7, 11) is 0. The van der Waals surface area contributed by atoms with Gasteiger partial charge in [0.1, 0.15) is 5.82 Å².